The molecule has 1 aromatic heterocycles. The second-order valence-electron chi connectivity index (χ2n) is 3.90. The lowest BCUT2D eigenvalue weighted by molar-refractivity contribution is 0.213. The highest BCUT2D eigenvalue weighted by molar-refractivity contribution is 7.89. The van der Waals surface area contributed by atoms with Gasteiger partial charge in [0.1, 0.15) is 0 Å². The van der Waals surface area contributed by atoms with Gasteiger partial charge >= 0.3 is 0 Å². The topological polar surface area (TPSA) is 95.1 Å². The van der Waals surface area contributed by atoms with Crippen molar-refractivity contribution in [3.8, 4) is 0 Å². The maximum Gasteiger partial charge on any atom is 0.257 e. The average Bonchev–Trinajstić information content (AvgIpc) is 2.77. The summed E-state index contributed by atoms with van der Waals surface area (Å²) < 4.78 is 25.7. The third-order valence-electron chi connectivity index (χ3n) is 2.69. The summed E-state index contributed by atoms with van der Waals surface area (Å²) in [6, 6.07) is 1.39. The third kappa shape index (κ3) is 2.19. The van der Waals surface area contributed by atoms with E-state index in [0.717, 1.165) is 12.8 Å². The Bertz CT molecular complexity index is 422. The molecule has 0 spiro atoms. The molecule has 0 atom stereocenters. The van der Waals surface area contributed by atoms with Gasteiger partial charge in [0.2, 0.25) is 0 Å². The molecule has 0 unspecified atom stereocenters. The van der Waals surface area contributed by atoms with Crippen LogP contribution in [0.4, 0.5) is 0 Å². The number of sulfonamides is 1. The van der Waals surface area contributed by atoms with E-state index in [9.17, 15) is 8.42 Å². The van der Waals surface area contributed by atoms with Crippen LogP contribution in [-0.4, -0.2) is 36.9 Å². The van der Waals surface area contributed by atoms with Crippen molar-refractivity contribution in [2.45, 2.75) is 17.9 Å². The van der Waals surface area contributed by atoms with Gasteiger partial charge in [-0.15, -0.1) is 0 Å². The number of aromatic amines is 1. The molecule has 2 rings (SSSR count). The van der Waals surface area contributed by atoms with Crippen LogP contribution in [-0.2, 0) is 10.0 Å². The van der Waals surface area contributed by atoms with E-state index in [1.54, 1.807) is 0 Å². The Kier molecular flexibility index (Phi) is 2.53. The van der Waals surface area contributed by atoms with Crippen LogP contribution in [0.1, 0.15) is 12.8 Å². The van der Waals surface area contributed by atoms with E-state index < -0.39 is 10.0 Å². The van der Waals surface area contributed by atoms with Crippen LogP contribution in [0, 0.1) is 5.41 Å². The molecule has 0 radical (unpaired) electrons. The van der Waals surface area contributed by atoms with Gasteiger partial charge in [0.05, 0.1) is 6.20 Å². The van der Waals surface area contributed by atoms with Crippen molar-refractivity contribution >= 4 is 10.0 Å². The molecular weight excluding hydrogens is 218 g/mol. The fraction of sp³-hybridized carbons (Fsp3) is 0.625. The second-order valence-corrected chi connectivity index (χ2v) is 5.64. The third-order valence-corrected chi connectivity index (χ3v) is 4.03. The highest BCUT2D eigenvalue weighted by Crippen LogP contribution is 2.44. The molecule has 0 aliphatic heterocycles. The van der Waals surface area contributed by atoms with E-state index in [4.69, 9.17) is 5.11 Å². The predicted molar refractivity (Wildman–Crippen MR) is 52.5 cm³/mol. The lowest BCUT2D eigenvalue weighted by Crippen LogP contribution is -2.32. The maximum absolute atomic E-state index is 11.6. The molecule has 1 aliphatic rings. The summed E-state index contributed by atoms with van der Waals surface area (Å²) in [5.74, 6) is 0. The monoisotopic (exact) mass is 231 g/mol. The molecule has 6 nitrogen and oxygen atoms in total. The molecule has 1 saturated carbocycles. The molecule has 1 aromatic rings. The van der Waals surface area contributed by atoms with Crippen LogP contribution in [0.25, 0.3) is 0 Å². The Hall–Kier alpha value is -0.920. The van der Waals surface area contributed by atoms with Crippen molar-refractivity contribution in [1.29, 1.82) is 0 Å². The normalized spacial score (nSPS) is 19.0. The van der Waals surface area contributed by atoms with Gasteiger partial charge in [-0.1, -0.05) is 0 Å². The minimum atomic E-state index is -3.50. The Morgan fingerprint density at radius 3 is 2.80 bits per heavy atom. The molecule has 84 valence electrons. The van der Waals surface area contributed by atoms with Crippen LogP contribution in [0.2, 0.25) is 0 Å². The zero-order valence-electron chi connectivity index (χ0n) is 8.10. The van der Waals surface area contributed by atoms with Gasteiger partial charge in [-0.3, -0.25) is 5.10 Å². The maximum atomic E-state index is 11.6. The van der Waals surface area contributed by atoms with E-state index in [0.29, 0.717) is 0 Å². The van der Waals surface area contributed by atoms with Crippen molar-refractivity contribution < 1.29 is 13.5 Å². The summed E-state index contributed by atoms with van der Waals surface area (Å²) >= 11 is 0. The van der Waals surface area contributed by atoms with Crippen molar-refractivity contribution in [3.05, 3.63) is 12.3 Å². The van der Waals surface area contributed by atoms with Crippen molar-refractivity contribution in [1.82, 2.24) is 14.9 Å². The smallest absolute Gasteiger partial charge is 0.257 e. The van der Waals surface area contributed by atoms with Crippen LogP contribution < -0.4 is 4.72 Å². The number of aliphatic hydroxyl groups is 1. The molecule has 1 fully saturated rings. The van der Waals surface area contributed by atoms with Crippen molar-refractivity contribution in [3.63, 3.8) is 0 Å². The summed E-state index contributed by atoms with van der Waals surface area (Å²) in [5.41, 5.74) is -0.229. The number of aromatic nitrogens is 2. The Labute approximate surface area is 87.8 Å². The fourth-order valence-electron chi connectivity index (χ4n) is 1.29. The van der Waals surface area contributed by atoms with Crippen molar-refractivity contribution in [2.24, 2.45) is 5.41 Å². The summed E-state index contributed by atoms with van der Waals surface area (Å²) in [4.78, 5) is 0. The molecule has 0 saturated heterocycles. The van der Waals surface area contributed by atoms with Crippen LogP contribution in [0.3, 0.4) is 0 Å². The number of hydrogen-bond acceptors (Lipinski definition) is 4. The van der Waals surface area contributed by atoms with E-state index >= 15 is 0 Å². The van der Waals surface area contributed by atoms with Gasteiger partial charge < -0.3 is 5.11 Å². The molecular formula is C8H13N3O3S. The second kappa shape index (κ2) is 3.58. The average molecular weight is 231 g/mol. The largest absolute Gasteiger partial charge is 0.396 e. The van der Waals surface area contributed by atoms with Crippen LogP contribution in [0.5, 0.6) is 0 Å². The minimum Gasteiger partial charge on any atom is -0.396 e. The van der Waals surface area contributed by atoms with Gasteiger partial charge in [0.15, 0.2) is 5.03 Å². The first-order chi connectivity index (χ1) is 7.08. The zero-order chi connectivity index (χ0) is 10.9. The van der Waals surface area contributed by atoms with Gasteiger partial charge in [-0.25, -0.2) is 13.1 Å². The van der Waals surface area contributed by atoms with Gasteiger partial charge in [0, 0.05) is 18.6 Å². The van der Waals surface area contributed by atoms with Gasteiger partial charge in [-0.05, 0) is 18.9 Å². The number of nitrogens with zero attached hydrogens (tertiary/aromatic N) is 1. The number of aliphatic hydroxyl groups excluding tert-OH is 1. The molecule has 1 aliphatic carbocycles. The first-order valence-electron chi connectivity index (χ1n) is 4.68. The molecule has 0 amide bonds. The molecule has 0 aromatic carbocycles. The Morgan fingerprint density at radius 2 is 2.33 bits per heavy atom. The summed E-state index contributed by atoms with van der Waals surface area (Å²) in [6.07, 6.45) is 3.12. The molecule has 0 bridgehead atoms. The number of nitrogens with one attached hydrogen (secondary N) is 2. The molecule has 1 heterocycles. The molecule has 7 heteroatoms. The standard InChI is InChI=1S/C8H13N3O3S/c12-6-8(2-3-8)5-10-15(13,14)7-1-4-9-11-7/h1,4,10,12H,2-3,5-6H2,(H,9,11). The minimum absolute atomic E-state index is 0.0263. The first kappa shape index (κ1) is 10.6. The fourth-order valence-corrected chi connectivity index (χ4v) is 2.35. The SMILES string of the molecule is O=S(=O)(NCC1(CO)CC1)c1ccn[nH]1. The van der Waals surface area contributed by atoms with Gasteiger partial charge in [-0.2, -0.15) is 5.10 Å². The summed E-state index contributed by atoms with van der Waals surface area (Å²) in [5, 5.41) is 15.0. The van der Waals surface area contributed by atoms with Crippen LogP contribution >= 0.6 is 0 Å². The quantitative estimate of drug-likeness (QED) is 0.634. The Balaban J connectivity index is 2.00. The first-order valence-corrected chi connectivity index (χ1v) is 6.16. The van der Waals surface area contributed by atoms with Crippen molar-refractivity contribution in [2.75, 3.05) is 13.2 Å². The predicted octanol–water partition coefficient (Wildman–Crippen LogP) is -0.540. The summed E-state index contributed by atoms with van der Waals surface area (Å²) in [6.45, 7) is 0.309. The summed E-state index contributed by atoms with van der Waals surface area (Å²) in [7, 11) is -3.50. The van der Waals surface area contributed by atoms with Crippen LogP contribution in [0.15, 0.2) is 17.3 Å². The van der Waals surface area contributed by atoms with E-state index in [1.807, 2.05) is 0 Å². The molecule has 3 N–H and O–H groups in total. The number of H-pyrrole nitrogens is 1. The highest BCUT2D eigenvalue weighted by atomic mass is 32.2. The number of rotatable bonds is 5. The molecule has 15 heavy (non-hydrogen) atoms. The van der Waals surface area contributed by atoms with E-state index in [2.05, 4.69) is 14.9 Å². The zero-order valence-corrected chi connectivity index (χ0v) is 8.92. The van der Waals surface area contributed by atoms with E-state index in [-0.39, 0.29) is 23.6 Å². The van der Waals surface area contributed by atoms with Gasteiger partial charge in [0.25, 0.3) is 10.0 Å². The number of hydrogen-bond donors (Lipinski definition) is 3. The lowest BCUT2D eigenvalue weighted by Gasteiger charge is -2.11. The Morgan fingerprint density at radius 1 is 1.60 bits per heavy atom. The highest BCUT2D eigenvalue weighted by Gasteiger charge is 2.42. The lowest BCUT2D eigenvalue weighted by atomic mass is 10.1. The van der Waals surface area contributed by atoms with E-state index in [1.165, 1.54) is 12.3 Å².